The molecule has 7 nitrogen and oxygen atoms in total. The van der Waals surface area contributed by atoms with Crippen LogP contribution in [0.5, 0.6) is 0 Å². The van der Waals surface area contributed by atoms with Gasteiger partial charge in [-0.3, -0.25) is 9.69 Å². The molecular formula is C17H18N6O. The minimum absolute atomic E-state index is 0.0626. The van der Waals surface area contributed by atoms with Gasteiger partial charge in [0.15, 0.2) is 0 Å². The maximum Gasteiger partial charge on any atom is 0.228 e. The zero-order valence-electron chi connectivity index (χ0n) is 13.2. The summed E-state index contributed by atoms with van der Waals surface area (Å²) >= 11 is 0. The van der Waals surface area contributed by atoms with Crippen LogP contribution >= 0.6 is 0 Å². The van der Waals surface area contributed by atoms with Crippen LogP contribution in [0, 0.1) is 5.92 Å². The number of rotatable bonds is 5. The number of carbonyl (C=O) groups is 1. The van der Waals surface area contributed by atoms with E-state index in [0.29, 0.717) is 25.4 Å². The van der Waals surface area contributed by atoms with Crippen LogP contribution in [0.2, 0.25) is 0 Å². The Bertz CT molecular complexity index is 804. The molecule has 4 rings (SSSR count). The Morgan fingerprint density at radius 3 is 2.79 bits per heavy atom. The maximum absolute atomic E-state index is 12.5. The average Bonchev–Trinajstić information content (AvgIpc) is 3.26. The van der Waals surface area contributed by atoms with Crippen LogP contribution in [0.4, 0.5) is 5.82 Å². The molecule has 1 atom stereocenters. The molecule has 1 aromatic heterocycles. The van der Waals surface area contributed by atoms with Crippen LogP contribution < -0.4 is 4.90 Å². The van der Waals surface area contributed by atoms with Gasteiger partial charge in [0, 0.05) is 36.4 Å². The first-order chi connectivity index (χ1) is 11.8. The summed E-state index contributed by atoms with van der Waals surface area (Å²) in [5.74, 6) is 1.46. The van der Waals surface area contributed by atoms with Crippen molar-refractivity contribution in [1.82, 2.24) is 9.78 Å². The van der Waals surface area contributed by atoms with Crippen molar-refractivity contribution in [1.29, 1.82) is 0 Å². The fraction of sp³-hybridized carbons (Fsp3) is 0.412. The van der Waals surface area contributed by atoms with Crippen molar-refractivity contribution in [3.05, 3.63) is 52.5 Å². The van der Waals surface area contributed by atoms with E-state index < -0.39 is 0 Å². The Morgan fingerprint density at radius 1 is 1.29 bits per heavy atom. The molecule has 1 saturated carbocycles. The van der Waals surface area contributed by atoms with Crippen molar-refractivity contribution < 1.29 is 4.79 Å². The summed E-state index contributed by atoms with van der Waals surface area (Å²) in [5.41, 5.74) is 10.5. The number of hydrogen-bond donors (Lipinski definition) is 0. The molecule has 0 bridgehead atoms. The molecule has 1 aromatic carbocycles. The molecule has 1 aliphatic carbocycles. The predicted molar refractivity (Wildman–Crippen MR) is 90.0 cm³/mol. The van der Waals surface area contributed by atoms with Gasteiger partial charge in [0.25, 0.3) is 0 Å². The molecule has 2 aromatic rings. The largest absolute Gasteiger partial charge is 0.296 e. The Labute approximate surface area is 139 Å². The fourth-order valence-corrected chi connectivity index (χ4v) is 3.20. The molecule has 2 aliphatic rings. The lowest BCUT2D eigenvalue weighted by Gasteiger charge is -2.17. The molecule has 1 unspecified atom stereocenters. The molecule has 0 spiro atoms. The number of amides is 1. The third-order valence-electron chi connectivity index (χ3n) is 4.59. The highest BCUT2D eigenvalue weighted by Gasteiger charge is 2.34. The van der Waals surface area contributed by atoms with Crippen LogP contribution in [0.25, 0.3) is 16.1 Å². The lowest BCUT2D eigenvalue weighted by atomic mass is 10.1. The van der Waals surface area contributed by atoms with Gasteiger partial charge in [0.1, 0.15) is 5.82 Å². The van der Waals surface area contributed by atoms with E-state index in [1.165, 1.54) is 12.8 Å². The molecule has 122 valence electrons. The van der Waals surface area contributed by atoms with Crippen LogP contribution in [-0.4, -0.2) is 28.8 Å². The van der Waals surface area contributed by atoms with Crippen molar-refractivity contribution in [2.24, 2.45) is 11.0 Å². The second-order valence-electron chi connectivity index (χ2n) is 6.44. The van der Waals surface area contributed by atoms with Gasteiger partial charge in [0.2, 0.25) is 5.91 Å². The number of anilines is 1. The summed E-state index contributed by atoms with van der Waals surface area (Å²) in [5, 5.41) is 8.37. The second kappa shape index (κ2) is 6.02. The maximum atomic E-state index is 12.5. The van der Waals surface area contributed by atoms with Crippen molar-refractivity contribution >= 4 is 11.7 Å². The average molecular weight is 322 g/mol. The first-order valence-electron chi connectivity index (χ1n) is 8.23. The number of carbonyl (C=O) groups excluding carboxylic acids is 1. The number of benzene rings is 1. The van der Waals surface area contributed by atoms with Gasteiger partial charge < -0.3 is 0 Å². The topological polar surface area (TPSA) is 86.9 Å². The van der Waals surface area contributed by atoms with Crippen LogP contribution in [0.15, 0.2) is 41.5 Å². The Balaban J connectivity index is 1.69. The Morgan fingerprint density at radius 2 is 2.08 bits per heavy atom. The summed E-state index contributed by atoms with van der Waals surface area (Å²) < 4.78 is 1.86. The van der Waals surface area contributed by atoms with Crippen molar-refractivity contribution in [3.8, 4) is 5.69 Å². The van der Waals surface area contributed by atoms with E-state index >= 15 is 0 Å². The van der Waals surface area contributed by atoms with Gasteiger partial charge in [0.05, 0.1) is 11.4 Å². The van der Waals surface area contributed by atoms with E-state index in [0.717, 1.165) is 17.2 Å². The zero-order chi connectivity index (χ0) is 16.5. The van der Waals surface area contributed by atoms with Crippen molar-refractivity contribution in [2.75, 3.05) is 18.0 Å². The standard InChI is InChI=1S/C17H18N6O/c18-21-19-10-12-8-17(24)22(11-12)16-9-15(13-6-7-13)20-23(16)14-4-2-1-3-5-14/h1-5,9,12-13H,6-8,10-11H2. The first-order valence-corrected chi connectivity index (χ1v) is 8.23. The van der Waals surface area contributed by atoms with Gasteiger partial charge >= 0.3 is 0 Å². The van der Waals surface area contributed by atoms with E-state index in [4.69, 9.17) is 10.6 Å². The van der Waals surface area contributed by atoms with Gasteiger partial charge in [-0.05, 0) is 36.4 Å². The van der Waals surface area contributed by atoms with E-state index in [9.17, 15) is 4.79 Å². The molecule has 0 N–H and O–H groups in total. The molecule has 2 heterocycles. The summed E-state index contributed by atoms with van der Waals surface area (Å²) in [4.78, 5) is 17.1. The molecule has 1 saturated heterocycles. The van der Waals surface area contributed by atoms with E-state index in [-0.39, 0.29) is 11.8 Å². The van der Waals surface area contributed by atoms with Crippen molar-refractivity contribution in [3.63, 3.8) is 0 Å². The van der Waals surface area contributed by atoms with E-state index in [1.54, 1.807) is 4.90 Å². The van der Waals surface area contributed by atoms with Crippen LogP contribution in [0.3, 0.4) is 0 Å². The normalized spacial score (nSPS) is 20.2. The molecule has 7 heteroatoms. The number of para-hydroxylation sites is 1. The molecule has 1 aliphatic heterocycles. The number of hydrogen-bond acceptors (Lipinski definition) is 3. The van der Waals surface area contributed by atoms with Gasteiger partial charge in [-0.15, -0.1) is 0 Å². The lowest BCUT2D eigenvalue weighted by molar-refractivity contribution is -0.117. The highest BCUT2D eigenvalue weighted by Crippen LogP contribution is 2.41. The first kappa shape index (κ1) is 14.8. The molecular weight excluding hydrogens is 304 g/mol. The fourth-order valence-electron chi connectivity index (χ4n) is 3.20. The summed E-state index contributed by atoms with van der Waals surface area (Å²) in [6, 6.07) is 11.9. The minimum Gasteiger partial charge on any atom is -0.296 e. The summed E-state index contributed by atoms with van der Waals surface area (Å²) in [6.07, 6.45) is 2.75. The van der Waals surface area contributed by atoms with Gasteiger partial charge in [-0.25, -0.2) is 4.68 Å². The molecule has 0 radical (unpaired) electrons. The zero-order valence-corrected chi connectivity index (χ0v) is 13.2. The van der Waals surface area contributed by atoms with Crippen molar-refractivity contribution in [2.45, 2.75) is 25.2 Å². The number of azide groups is 1. The highest BCUT2D eigenvalue weighted by atomic mass is 16.2. The second-order valence-corrected chi connectivity index (χ2v) is 6.44. The third-order valence-corrected chi connectivity index (χ3v) is 4.59. The summed E-state index contributed by atoms with van der Waals surface area (Å²) in [6.45, 7) is 0.925. The SMILES string of the molecule is [N-]=[N+]=NCC1CC(=O)N(c2cc(C3CC3)nn2-c2ccccc2)C1. The molecule has 1 amide bonds. The molecule has 2 fully saturated rings. The lowest BCUT2D eigenvalue weighted by Crippen LogP contribution is -2.27. The third kappa shape index (κ3) is 2.74. The highest BCUT2D eigenvalue weighted by molar-refractivity contribution is 5.95. The minimum atomic E-state index is 0.0626. The Kier molecular flexibility index (Phi) is 3.70. The molecule has 24 heavy (non-hydrogen) atoms. The number of aromatic nitrogens is 2. The smallest absolute Gasteiger partial charge is 0.228 e. The Hall–Kier alpha value is -2.79. The van der Waals surface area contributed by atoms with Crippen LogP contribution in [-0.2, 0) is 4.79 Å². The quantitative estimate of drug-likeness (QED) is 0.480. The van der Waals surface area contributed by atoms with Crippen LogP contribution in [0.1, 0.15) is 30.9 Å². The summed E-state index contributed by atoms with van der Waals surface area (Å²) in [7, 11) is 0. The van der Waals surface area contributed by atoms with Gasteiger partial charge in [-0.2, -0.15) is 5.10 Å². The predicted octanol–water partition coefficient (Wildman–Crippen LogP) is 3.41. The van der Waals surface area contributed by atoms with Gasteiger partial charge in [-0.1, -0.05) is 23.3 Å². The van der Waals surface area contributed by atoms with E-state index in [2.05, 4.69) is 10.0 Å². The van der Waals surface area contributed by atoms with E-state index in [1.807, 2.05) is 41.1 Å². The monoisotopic (exact) mass is 322 g/mol. The number of nitrogens with zero attached hydrogens (tertiary/aromatic N) is 6.